The van der Waals surface area contributed by atoms with Gasteiger partial charge in [0.25, 0.3) is 5.91 Å². The lowest BCUT2D eigenvalue weighted by molar-refractivity contribution is -0.139. The van der Waals surface area contributed by atoms with Crippen molar-refractivity contribution >= 4 is 17.8 Å². The Balaban J connectivity index is 2.97. The molecule has 0 bridgehead atoms. The molecule has 0 radical (unpaired) electrons. The van der Waals surface area contributed by atoms with Gasteiger partial charge in [0.1, 0.15) is 5.75 Å². The number of ether oxygens (including phenoxy) is 1. The molecular formula is C19H28N2O5. The van der Waals surface area contributed by atoms with Gasteiger partial charge in [-0.25, -0.2) is 4.79 Å². The average molecular weight is 364 g/mol. The topological polar surface area (TPSA) is 95.9 Å². The fourth-order valence-corrected chi connectivity index (χ4v) is 2.63. The molecule has 1 aromatic rings. The van der Waals surface area contributed by atoms with Gasteiger partial charge in [0.05, 0.1) is 6.54 Å². The minimum absolute atomic E-state index is 0.0159. The van der Waals surface area contributed by atoms with Crippen LogP contribution in [-0.2, 0) is 9.59 Å². The number of carbonyl (C=O) groups is 3. The minimum Gasteiger partial charge on any atom is -0.481 e. The van der Waals surface area contributed by atoms with E-state index in [4.69, 9.17) is 9.84 Å². The highest BCUT2D eigenvalue weighted by Gasteiger charge is 2.20. The normalized spacial score (nSPS) is 10.3. The number of hydrogen-bond acceptors (Lipinski definition) is 4. The summed E-state index contributed by atoms with van der Waals surface area (Å²) in [6.45, 7) is 8.08. The van der Waals surface area contributed by atoms with E-state index in [0.717, 1.165) is 12.8 Å². The monoisotopic (exact) mass is 364 g/mol. The van der Waals surface area contributed by atoms with Gasteiger partial charge in [0.15, 0.2) is 6.61 Å². The van der Waals surface area contributed by atoms with Crippen LogP contribution in [0.5, 0.6) is 5.75 Å². The molecule has 0 unspecified atom stereocenters. The van der Waals surface area contributed by atoms with E-state index in [9.17, 15) is 14.4 Å². The first-order chi connectivity index (χ1) is 12.3. The van der Waals surface area contributed by atoms with Crippen molar-refractivity contribution in [2.45, 2.75) is 40.5 Å². The van der Waals surface area contributed by atoms with Gasteiger partial charge in [-0.15, -0.1) is 0 Å². The van der Waals surface area contributed by atoms with E-state index in [1.165, 1.54) is 4.90 Å². The molecule has 0 fully saturated rings. The molecule has 0 aromatic heterocycles. The van der Waals surface area contributed by atoms with Gasteiger partial charge in [-0.2, -0.15) is 0 Å². The maximum Gasteiger partial charge on any atom is 0.341 e. The standard InChI is InChI=1S/C19H28N2O5/c1-5-7-20-16(22)11-21(8-6-2)19(25)15-9-13(3)18(14(4)10-15)26-12-17(23)24/h9-10H,5-8,11-12H2,1-4H3,(H,20,22)(H,23,24). The van der Waals surface area contributed by atoms with Crippen LogP contribution < -0.4 is 10.1 Å². The summed E-state index contributed by atoms with van der Waals surface area (Å²) in [5.74, 6) is -0.999. The molecular weight excluding hydrogens is 336 g/mol. The van der Waals surface area contributed by atoms with Gasteiger partial charge < -0.3 is 20.1 Å². The van der Waals surface area contributed by atoms with Crippen LogP contribution in [0.3, 0.4) is 0 Å². The summed E-state index contributed by atoms with van der Waals surface area (Å²) in [4.78, 5) is 37.0. The fraction of sp³-hybridized carbons (Fsp3) is 0.526. The molecule has 1 rings (SSSR count). The zero-order valence-electron chi connectivity index (χ0n) is 15.9. The maximum atomic E-state index is 12.8. The predicted molar refractivity (Wildman–Crippen MR) is 98.5 cm³/mol. The van der Waals surface area contributed by atoms with Crippen LogP contribution in [0, 0.1) is 13.8 Å². The lowest BCUT2D eigenvalue weighted by Crippen LogP contribution is -2.41. The van der Waals surface area contributed by atoms with Crippen LogP contribution in [0.15, 0.2) is 12.1 Å². The molecule has 7 heteroatoms. The third kappa shape index (κ3) is 6.38. The molecule has 0 saturated carbocycles. The van der Waals surface area contributed by atoms with Crippen LogP contribution in [-0.4, -0.2) is 54.0 Å². The van der Waals surface area contributed by atoms with Gasteiger partial charge in [0, 0.05) is 18.7 Å². The molecule has 0 saturated heterocycles. The SMILES string of the molecule is CCCNC(=O)CN(CCC)C(=O)c1cc(C)c(OCC(=O)O)c(C)c1. The van der Waals surface area contributed by atoms with Crippen molar-refractivity contribution in [2.24, 2.45) is 0 Å². The fourth-order valence-electron chi connectivity index (χ4n) is 2.63. The van der Waals surface area contributed by atoms with Gasteiger partial charge in [-0.1, -0.05) is 13.8 Å². The van der Waals surface area contributed by atoms with E-state index in [-0.39, 0.29) is 18.4 Å². The second kappa shape index (κ2) is 10.4. The van der Waals surface area contributed by atoms with Crippen LogP contribution in [0.4, 0.5) is 0 Å². The van der Waals surface area contributed by atoms with Crippen LogP contribution >= 0.6 is 0 Å². The smallest absolute Gasteiger partial charge is 0.341 e. The minimum atomic E-state index is -1.06. The quantitative estimate of drug-likeness (QED) is 0.663. The Morgan fingerprint density at radius 2 is 1.73 bits per heavy atom. The first-order valence-corrected chi connectivity index (χ1v) is 8.81. The van der Waals surface area contributed by atoms with Gasteiger partial charge in [0.2, 0.25) is 5.91 Å². The number of carbonyl (C=O) groups excluding carboxylic acids is 2. The van der Waals surface area contributed by atoms with E-state index < -0.39 is 12.6 Å². The molecule has 0 aliphatic carbocycles. The molecule has 1 aromatic carbocycles. The summed E-state index contributed by atoms with van der Waals surface area (Å²) in [7, 11) is 0. The van der Waals surface area contributed by atoms with Gasteiger partial charge in [-0.3, -0.25) is 9.59 Å². The highest BCUT2D eigenvalue weighted by atomic mass is 16.5. The Bertz CT molecular complexity index is 634. The zero-order chi connectivity index (χ0) is 19.7. The summed E-state index contributed by atoms with van der Waals surface area (Å²) in [5.41, 5.74) is 1.82. The first kappa shape index (κ1) is 21.5. The number of amides is 2. The van der Waals surface area contributed by atoms with Crippen LogP contribution in [0.2, 0.25) is 0 Å². The maximum absolute atomic E-state index is 12.8. The highest BCUT2D eigenvalue weighted by Crippen LogP contribution is 2.25. The van der Waals surface area contributed by atoms with Crippen LogP contribution in [0.25, 0.3) is 0 Å². The van der Waals surface area contributed by atoms with Crippen molar-refractivity contribution in [3.63, 3.8) is 0 Å². The van der Waals surface area contributed by atoms with E-state index in [0.29, 0.717) is 35.5 Å². The largest absolute Gasteiger partial charge is 0.481 e. The first-order valence-electron chi connectivity index (χ1n) is 8.81. The lowest BCUT2D eigenvalue weighted by Gasteiger charge is -2.22. The summed E-state index contributed by atoms with van der Waals surface area (Å²) < 4.78 is 5.29. The molecule has 0 atom stereocenters. The number of carboxylic acids is 1. The molecule has 0 heterocycles. The molecule has 0 aliphatic heterocycles. The van der Waals surface area contributed by atoms with E-state index in [1.54, 1.807) is 26.0 Å². The van der Waals surface area contributed by atoms with Crippen molar-refractivity contribution in [1.82, 2.24) is 10.2 Å². The summed E-state index contributed by atoms with van der Waals surface area (Å²) >= 11 is 0. The molecule has 7 nitrogen and oxygen atoms in total. The Labute approximate surface area is 154 Å². The van der Waals surface area contributed by atoms with Crippen molar-refractivity contribution in [2.75, 3.05) is 26.2 Å². The second-order valence-corrected chi connectivity index (χ2v) is 6.20. The van der Waals surface area contributed by atoms with E-state index >= 15 is 0 Å². The Kier molecular flexibility index (Phi) is 8.61. The Hall–Kier alpha value is -2.57. The number of nitrogens with one attached hydrogen (secondary N) is 1. The molecule has 144 valence electrons. The van der Waals surface area contributed by atoms with Crippen molar-refractivity contribution in [3.8, 4) is 5.75 Å². The molecule has 26 heavy (non-hydrogen) atoms. The Morgan fingerprint density at radius 3 is 2.23 bits per heavy atom. The van der Waals surface area contributed by atoms with E-state index in [2.05, 4.69) is 5.32 Å². The highest BCUT2D eigenvalue weighted by molar-refractivity contribution is 5.97. The number of benzene rings is 1. The number of hydrogen-bond donors (Lipinski definition) is 2. The summed E-state index contributed by atoms with van der Waals surface area (Å²) in [6, 6.07) is 3.33. The van der Waals surface area contributed by atoms with Crippen molar-refractivity contribution in [1.29, 1.82) is 0 Å². The third-order valence-electron chi connectivity index (χ3n) is 3.73. The number of aryl methyl sites for hydroxylation is 2. The zero-order valence-corrected chi connectivity index (χ0v) is 15.9. The molecule has 0 aliphatic rings. The van der Waals surface area contributed by atoms with Crippen LogP contribution in [0.1, 0.15) is 48.2 Å². The molecule has 2 N–H and O–H groups in total. The molecule has 0 spiro atoms. The number of aliphatic carboxylic acids is 1. The van der Waals surface area contributed by atoms with Gasteiger partial charge in [-0.05, 0) is 49.9 Å². The van der Waals surface area contributed by atoms with E-state index in [1.807, 2.05) is 13.8 Å². The van der Waals surface area contributed by atoms with Crippen molar-refractivity contribution in [3.05, 3.63) is 28.8 Å². The molecule has 2 amide bonds. The number of nitrogens with zero attached hydrogens (tertiary/aromatic N) is 1. The average Bonchev–Trinajstić information content (AvgIpc) is 2.57. The predicted octanol–water partition coefficient (Wildman–Crippen LogP) is 2.15. The second-order valence-electron chi connectivity index (χ2n) is 6.20. The van der Waals surface area contributed by atoms with Gasteiger partial charge >= 0.3 is 5.97 Å². The number of rotatable bonds is 10. The van der Waals surface area contributed by atoms with Crippen molar-refractivity contribution < 1.29 is 24.2 Å². The third-order valence-corrected chi connectivity index (χ3v) is 3.73. The number of carboxylic acid groups (broad SMARTS) is 1. The Morgan fingerprint density at radius 1 is 1.12 bits per heavy atom. The summed E-state index contributed by atoms with van der Waals surface area (Å²) in [5, 5.41) is 11.5. The lowest BCUT2D eigenvalue weighted by atomic mass is 10.0. The summed E-state index contributed by atoms with van der Waals surface area (Å²) in [6.07, 6.45) is 1.58.